The fourth-order valence-corrected chi connectivity index (χ4v) is 2.50. The summed E-state index contributed by atoms with van der Waals surface area (Å²) in [6, 6.07) is 0. The third-order valence-corrected chi connectivity index (χ3v) is 3.57. The summed E-state index contributed by atoms with van der Waals surface area (Å²) in [4.78, 5) is 16.6. The molecule has 1 aromatic rings. The first-order chi connectivity index (χ1) is 8.54. The van der Waals surface area contributed by atoms with Gasteiger partial charge in [-0.15, -0.1) is 0 Å². The summed E-state index contributed by atoms with van der Waals surface area (Å²) in [5.41, 5.74) is 0. The van der Waals surface area contributed by atoms with Gasteiger partial charge >= 0.3 is 5.82 Å². The Hall–Kier alpha value is -1.63. The summed E-state index contributed by atoms with van der Waals surface area (Å²) in [5, 5.41) is 20.0. The molecule has 7 heteroatoms. The Morgan fingerprint density at radius 3 is 2.94 bits per heavy atom. The average molecular weight is 254 g/mol. The minimum absolute atomic E-state index is 0.0698. The molecular weight excluding hydrogens is 236 g/mol. The molecule has 100 valence electrons. The van der Waals surface area contributed by atoms with Gasteiger partial charge in [0, 0.05) is 33.7 Å². The molecule has 7 nitrogen and oxygen atoms in total. The van der Waals surface area contributed by atoms with Crippen LogP contribution in [0.5, 0.6) is 0 Å². The van der Waals surface area contributed by atoms with Crippen molar-refractivity contribution >= 4 is 11.6 Å². The lowest BCUT2D eigenvalue weighted by Gasteiger charge is -2.17. The molecule has 2 heterocycles. The van der Waals surface area contributed by atoms with Crippen LogP contribution < -0.4 is 4.90 Å². The predicted octanol–water partition coefficient (Wildman–Crippen LogP) is 0.845. The van der Waals surface area contributed by atoms with Gasteiger partial charge < -0.3 is 20.1 Å². The van der Waals surface area contributed by atoms with E-state index in [1.54, 1.807) is 18.5 Å². The van der Waals surface area contributed by atoms with Crippen LogP contribution in [0.2, 0.25) is 0 Å². The Labute approximate surface area is 105 Å². The summed E-state index contributed by atoms with van der Waals surface area (Å²) < 4.78 is 1.76. The van der Waals surface area contributed by atoms with Crippen molar-refractivity contribution < 1.29 is 10.0 Å². The van der Waals surface area contributed by atoms with Crippen molar-refractivity contribution in [1.29, 1.82) is 0 Å². The van der Waals surface area contributed by atoms with Crippen LogP contribution in [-0.4, -0.2) is 39.3 Å². The maximum atomic E-state index is 11.0. The number of aromatic nitrogens is 2. The van der Waals surface area contributed by atoms with Gasteiger partial charge in [0.25, 0.3) is 0 Å². The van der Waals surface area contributed by atoms with Gasteiger partial charge in [0.1, 0.15) is 0 Å². The highest BCUT2D eigenvalue weighted by Crippen LogP contribution is 2.32. The van der Waals surface area contributed by atoms with Crippen LogP contribution in [0, 0.1) is 23.0 Å². The van der Waals surface area contributed by atoms with E-state index in [-0.39, 0.29) is 12.4 Å². The minimum atomic E-state index is -0.429. The fraction of sp³-hybridized carbons (Fsp3) is 0.727. The van der Waals surface area contributed by atoms with Crippen LogP contribution >= 0.6 is 0 Å². The van der Waals surface area contributed by atoms with Crippen molar-refractivity contribution in [2.24, 2.45) is 13.0 Å². The largest absolute Gasteiger partial charge is 0.406 e. The first-order valence-electron chi connectivity index (χ1n) is 6.08. The summed E-state index contributed by atoms with van der Waals surface area (Å²) in [6.07, 6.45) is 1.71. The van der Waals surface area contributed by atoms with Gasteiger partial charge in [-0.3, -0.25) is 4.57 Å². The second kappa shape index (κ2) is 4.93. The van der Waals surface area contributed by atoms with E-state index in [0.29, 0.717) is 17.6 Å². The molecule has 1 atom stereocenters. The molecule has 1 fully saturated rings. The highest BCUT2D eigenvalue weighted by Gasteiger charge is 2.32. The number of anilines is 1. The highest BCUT2D eigenvalue weighted by atomic mass is 16.6. The summed E-state index contributed by atoms with van der Waals surface area (Å²) >= 11 is 0. The zero-order chi connectivity index (χ0) is 13.3. The third kappa shape index (κ3) is 2.17. The maximum Gasteiger partial charge on any atom is 0.406 e. The molecule has 1 aliphatic heterocycles. The van der Waals surface area contributed by atoms with Crippen molar-refractivity contribution in [2.75, 3.05) is 24.6 Å². The standard InChI is InChI=1S/C11H18N4O3/c1-8-12-10(15(17)18)11(13(8)2)14-5-3-9(7-14)4-6-16/h9,16H,3-7H2,1-2H3. The lowest BCUT2D eigenvalue weighted by atomic mass is 10.1. The van der Waals surface area contributed by atoms with E-state index in [9.17, 15) is 10.1 Å². The molecule has 0 saturated carbocycles. The van der Waals surface area contributed by atoms with E-state index in [0.717, 1.165) is 25.9 Å². The van der Waals surface area contributed by atoms with Crippen molar-refractivity contribution in [3.05, 3.63) is 15.9 Å². The number of rotatable bonds is 4. The van der Waals surface area contributed by atoms with Gasteiger partial charge in [0.05, 0.1) is 0 Å². The monoisotopic (exact) mass is 254 g/mol. The second-order valence-corrected chi connectivity index (χ2v) is 4.74. The number of nitrogens with zero attached hydrogens (tertiary/aromatic N) is 4. The number of imidazole rings is 1. The van der Waals surface area contributed by atoms with Crippen LogP contribution in [0.15, 0.2) is 0 Å². The van der Waals surface area contributed by atoms with Gasteiger partial charge in [-0.25, -0.2) is 0 Å². The molecule has 0 aromatic carbocycles. The number of aliphatic hydroxyl groups excluding tert-OH is 1. The molecule has 0 spiro atoms. The maximum absolute atomic E-state index is 11.0. The molecule has 1 aromatic heterocycles. The van der Waals surface area contributed by atoms with E-state index in [4.69, 9.17) is 5.11 Å². The van der Waals surface area contributed by atoms with Crippen molar-refractivity contribution in [2.45, 2.75) is 19.8 Å². The predicted molar refractivity (Wildman–Crippen MR) is 66.6 cm³/mol. The Bertz CT molecular complexity index is 457. The van der Waals surface area contributed by atoms with Gasteiger partial charge in [-0.2, -0.15) is 0 Å². The Kier molecular flexibility index (Phi) is 3.51. The molecular formula is C11H18N4O3. The number of aliphatic hydroxyl groups is 1. The molecule has 1 N–H and O–H groups in total. The lowest BCUT2D eigenvalue weighted by Crippen LogP contribution is -2.23. The number of aryl methyl sites for hydroxylation is 1. The zero-order valence-corrected chi connectivity index (χ0v) is 10.7. The van der Waals surface area contributed by atoms with Crippen LogP contribution in [-0.2, 0) is 7.05 Å². The topological polar surface area (TPSA) is 84.4 Å². The van der Waals surface area contributed by atoms with Crippen molar-refractivity contribution in [3.8, 4) is 0 Å². The molecule has 0 aliphatic carbocycles. The van der Waals surface area contributed by atoms with Crippen LogP contribution in [0.1, 0.15) is 18.7 Å². The smallest absolute Gasteiger partial charge is 0.396 e. The Morgan fingerprint density at radius 1 is 1.61 bits per heavy atom. The molecule has 0 bridgehead atoms. The SMILES string of the molecule is Cc1nc([N+](=O)[O-])c(N2CCC(CCO)C2)n1C. The summed E-state index contributed by atoms with van der Waals surface area (Å²) in [7, 11) is 1.80. The van der Waals surface area contributed by atoms with Crippen molar-refractivity contribution in [3.63, 3.8) is 0 Å². The van der Waals surface area contributed by atoms with E-state index < -0.39 is 4.92 Å². The number of nitro groups is 1. The van der Waals surface area contributed by atoms with E-state index >= 15 is 0 Å². The first-order valence-corrected chi connectivity index (χ1v) is 6.08. The van der Waals surface area contributed by atoms with Crippen LogP contribution in [0.25, 0.3) is 0 Å². The number of hydrogen-bond donors (Lipinski definition) is 1. The molecule has 0 radical (unpaired) electrons. The van der Waals surface area contributed by atoms with Gasteiger partial charge in [-0.05, 0) is 28.7 Å². The van der Waals surface area contributed by atoms with Gasteiger partial charge in [0.15, 0.2) is 0 Å². The van der Waals surface area contributed by atoms with E-state index in [1.165, 1.54) is 0 Å². The quantitative estimate of drug-likeness (QED) is 0.636. The molecule has 1 unspecified atom stereocenters. The molecule has 18 heavy (non-hydrogen) atoms. The van der Waals surface area contributed by atoms with E-state index in [2.05, 4.69) is 4.98 Å². The Morgan fingerprint density at radius 2 is 2.33 bits per heavy atom. The normalized spacial score (nSPS) is 19.5. The molecule has 1 saturated heterocycles. The van der Waals surface area contributed by atoms with Gasteiger partial charge in [-0.1, -0.05) is 0 Å². The molecule has 0 amide bonds. The zero-order valence-electron chi connectivity index (χ0n) is 10.7. The summed E-state index contributed by atoms with van der Waals surface area (Å²) in [6.45, 7) is 3.47. The Balaban J connectivity index is 2.26. The minimum Gasteiger partial charge on any atom is -0.396 e. The first kappa shape index (κ1) is 12.8. The average Bonchev–Trinajstić information content (AvgIpc) is 2.86. The van der Waals surface area contributed by atoms with Gasteiger partial charge in [0.2, 0.25) is 11.6 Å². The lowest BCUT2D eigenvalue weighted by molar-refractivity contribution is -0.388. The summed E-state index contributed by atoms with van der Waals surface area (Å²) in [5.74, 6) is 1.56. The highest BCUT2D eigenvalue weighted by molar-refractivity contribution is 5.56. The molecule has 2 rings (SSSR count). The second-order valence-electron chi connectivity index (χ2n) is 4.74. The van der Waals surface area contributed by atoms with Crippen LogP contribution in [0.4, 0.5) is 11.6 Å². The number of hydrogen-bond acceptors (Lipinski definition) is 5. The molecule has 1 aliphatic rings. The fourth-order valence-electron chi connectivity index (χ4n) is 2.50. The third-order valence-electron chi connectivity index (χ3n) is 3.57. The van der Waals surface area contributed by atoms with Crippen LogP contribution in [0.3, 0.4) is 0 Å². The van der Waals surface area contributed by atoms with E-state index in [1.807, 2.05) is 4.90 Å². The van der Waals surface area contributed by atoms with Crippen molar-refractivity contribution in [1.82, 2.24) is 9.55 Å².